The summed E-state index contributed by atoms with van der Waals surface area (Å²) >= 11 is 0. The number of nitrogens with one attached hydrogen (secondary N) is 3. The number of phenolic OH excluding ortho intramolecular Hbond substituents is 6. The second-order valence-corrected chi connectivity index (χ2v) is 10.1. The molecule has 3 amide bonds. The number of aromatic hydroxyl groups is 6. The minimum absolute atomic E-state index is 0.420. The first-order chi connectivity index (χ1) is 22.7. The Balaban J connectivity index is 1.63. The average molecular weight is 670 g/mol. The van der Waals surface area contributed by atoms with Crippen LogP contribution in [0.4, 0.5) is 0 Å². The molecule has 3 aromatic carbocycles. The van der Waals surface area contributed by atoms with Crippen LogP contribution in [0.3, 0.4) is 0 Å². The molecule has 48 heavy (non-hydrogen) atoms. The van der Waals surface area contributed by atoms with E-state index in [9.17, 15) is 59.4 Å². The standard InChI is InChI=1S/C30H27N3O15/c34-13-1-4-22(37)16(7-13)25(40)31-19-10-46-29(44)21(33-27(42)18-9-15(36)3-6-24(18)39)12-48-30(45)20(11-47-28(19)43)32-26(41)17-8-14(35)2-5-23(17)38/h1-9,19-21,34-39H,10-12H2,(H,31,40)(H,32,41)(H,33,42)/t19-,20-,21-/m0/s1. The predicted molar refractivity (Wildman–Crippen MR) is 156 cm³/mol. The summed E-state index contributed by atoms with van der Waals surface area (Å²) < 4.78 is 15.3. The van der Waals surface area contributed by atoms with Crippen molar-refractivity contribution in [1.82, 2.24) is 16.0 Å². The number of rotatable bonds is 6. The van der Waals surface area contributed by atoms with Gasteiger partial charge in [0.05, 0.1) is 16.7 Å². The molecule has 1 saturated heterocycles. The van der Waals surface area contributed by atoms with Gasteiger partial charge in [0.15, 0.2) is 18.1 Å². The lowest BCUT2D eigenvalue weighted by Gasteiger charge is -2.25. The Bertz CT molecular complexity index is 1570. The summed E-state index contributed by atoms with van der Waals surface area (Å²) in [5, 5.41) is 65.8. The minimum atomic E-state index is -1.84. The van der Waals surface area contributed by atoms with Gasteiger partial charge in [0.1, 0.15) is 54.3 Å². The van der Waals surface area contributed by atoms with E-state index < -0.39 is 125 Å². The van der Waals surface area contributed by atoms with E-state index in [4.69, 9.17) is 14.2 Å². The molecule has 0 radical (unpaired) electrons. The normalized spacial score (nSPS) is 18.5. The number of hydrogen-bond acceptors (Lipinski definition) is 15. The molecule has 0 unspecified atom stereocenters. The largest absolute Gasteiger partial charge is 0.508 e. The number of cyclic esters (lactones) is 3. The Kier molecular flexibility index (Phi) is 10.4. The van der Waals surface area contributed by atoms with Gasteiger partial charge in [-0.2, -0.15) is 0 Å². The van der Waals surface area contributed by atoms with Crippen LogP contribution in [-0.4, -0.2) is 104 Å². The van der Waals surface area contributed by atoms with Gasteiger partial charge in [-0.15, -0.1) is 0 Å². The number of esters is 3. The highest BCUT2D eigenvalue weighted by molar-refractivity contribution is 6.01. The number of carbonyl (C=O) groups excluding carboxylic acids is 6. The Morgan fingerprint density at radius 1 is 0.479 bits per heavy atom. The zero-order chi connectivity index (χ0) is 35.1. The van der Waals surface area contributed by atoms with Crippen molar-refractivity contribution in [3.63, 3.8) is 0 Å². The Morgan fingerprint density at radius 2 is 0.729 bits per heavy atom. The van der Waals surface area contributed by atoms with E-state index in [-0.39, 0.29) is 0 Å². The van der Waals surface area contributed by atoms with Crippen LogP contribution in [0.2, 0.25) is 0 Å². The molecule has 18 nitrogen and oxygen atoms in total. The third kappa shape index (κ3) is 8.30. The van der Waals surface area contributed by atoms with Crippen LogP contribution in [0.15, 0.2) is 54.6 Å². The first kappa shape index (κ1) is 34.2. The maximum Gasteiger partial charge on any atom is 0.332 e. The van der Waals surface area contributed by atoms with Crippen molar-refractivity contribution in [3.8, 4) is 34.5 Å². The molecule has 252 valence electrons. The van der Waals surface area contributed by atoms with E-state index in [1.165, 1.54) is 0 Å². The molecule has 18 heteroatoms. The highest BCUT2D eigenvalue weighted by Gasteiger charge is 2.34. The summed E-state index contributed by atoms with van der Waals surface area (Å²) in [5.74, 6) is -10.4. The second kappa shape index (κ2) is 14.6. The fraction of sp³-hybridized carbons (Fsp3) is 0.200. The zero-order valence-corrected chi connectivity index (χ0v) is 24.4. The van der Waals surface area contributed by atoms with Gasteiger partial charge < -0.3 is 60.8 Å². The van der Waals surface area contributed by atoms with Crippen LogP contribution in [0.1, 0.15) is 31.1 Å². The molecular formula is C30H27N3O15. The molecule has 3 atom stereocenters. The van der Waals surface area contributed by atoms with Gasteiger partial charge in [0.25, 0.3) is 17.7 Å². The molecule has 0 spiro atoms. The number of carbonyl (C=O) groups is 6. The lowest BCUT2D eigenvalue weighted by molar-refractivity contribution is -0.160. The van der Waals surface area contributed by atoms with Gasteiger partial charge in [-0.25, -0.2) is 14.4 Å². The molecule has 1 aliphatic heterocycles. The fourth-order valence-corrected chi connectivity index (χ4v) is 4.13. The average Bonchev–Trinajstić information content (AvgIpc) is 3.05. The first-order valence-corrected chi connectivity index (χ1v) is 13.7. The van der Waals surface area contributed by atoms with Crippen LogP contribution in [-0.2, 0) is 28.6 Å². The molecule has 0 aromatic heterocycles. The quantitative estimate of drug-likeness (QED) is 0.0887. The molecule has 1 heterocycles. The predicted octanol–water partition coefficient (Wildman–Crippen LogP) is -0.741. The minimum Gasteiger partial charge on any atom is -0.508 e. The van der Waals surface area contributed by atoms with Crippen molar-refractivity contribution >= 4 is 35.6 Å². The van der Waals surface area contributed by atoms with Gasteiger partial charge in [-0.05, 0) is 54.6 Å². The first-order valence-electron chi connectivity index (χ1n) is 13.7. The van der Waals surface area contributed by atoms with Crippen molar-refractivity contribution in [2.45, 2.75) is 18.1 Å². The van der Waals surface area contributed by atoms with Gasteiger partial charge in [-0.3, -0.25) is 14.4 Å². The Labute approximate surface area is 269 Å². The molecule has 0 aliphatic carbocycles. The van der Waals surface area contributed by atoms with E-state index >= 15 is 0 Å². The highest BCUT2D eigenvalue weighted by Crippen LogP contribution is 2.24. The molecule has 1 aliphatic rings. The molecule has 4 rings (SSSR count). The lowest BCUT2D eigenvalue weighted by Crippen LogP contribution is -2.52. The third-order valence-corrected chi connectivity index (χ3v) is 6.62. The van der Waals surface area contributed by atoms with Gasteiger partial charge in [0, 0.05) is 0 Å². The Hall–Kier alpha value is -6.72. The third-order valence-electron chi connectivity index (χ3n) is 6.62. The van der Waals surface area contributed by atoms with Crippen molar-refractivity contribution in [2.24, 2.45) is 0 Å². The van der Waals surface area contributed by atoms with Crippen molar-refractivity contribution < 1.29 is 73.6 Å². The van der Waals surface area contributed by atoms with Gasteiger partial charge in [0.2, 0.25) is 0 Å². The van der Waals surface area contributed by atoms with Crippen LogP contribution < -0.4 is 16.0 Å². The van der Waals surface area contributed by atoms with Crippen molar-refractivity contribution in [1.29, 1.82) is 0 Å². The molecule has 9 N–H and O–H groups in total. The number of ether oxygens (including phenoxy) is 3. The summed E-state index contributed by atoms with van der Waals surface area (Å²) in [6.07, 6.45) is 0. The van der Waals surface area contributed by atoms with E-state index in [2.05, 4.69) is 16.0 Å². The maximum atomic E-state index is 13.1. The number of hydrogen-bond donors (Lipinski definition) is 9. The van der Waals surface area contributed by atoms with Crippen LogP contribution in [0, 0.1) is 0 Å². The number of amides is 3. The van der Waals surface area contributed by atoms with E-state index in [1.54, 1.807) is 0 Å². The maximum absolute atomic E-state index is 13.1. The molecular weight excluding hydrogens is 642 g/mol. The summed E-state index contributed by atoms with van der Waals surface area (Å²) in [5.41, 5.74) is -1.47. The molecule has 0 saturated carbocycles. The summed E-state index contributed by atoms with van der Waals surface area (Å²) in [4.78, 5) is 77.9. The highest BCUT2D eigenvalue weighted by atomic mass is 16.6. The van der Waals surface area contributed by atoms with Crippen LogP contribution in [0.5, 0.6) is 34.5 Å². The Morgan fingerprint density at radius 3 is 0.979 bits per heavy atom. The van der Waals surface area contributed by atoms with Crippen LogP contribution in [0.25, 0.3) is 0 Å². The van der Waals surface area contributed by atoms with Crippen molar-refractivity contribution in [3.05, 3.63) is 71.3 Å². The SMILES string of the molecule is O=C(N[C@H]1COC(=O)[C@@H](NC(=O)c2cc(O)ccc2O)COC(=O)[C@@H](NC(=O)c2cc(O)ccc2O)COC1=O)c1cc(O)ccc1O. The van der Waals surface area contributed by atoms with E-state index in [0.29, 0.717) is 0 Å². The van der Waals surface area contributed by atoms with Crippen LogP contribution >= 0.6 is 0 Å². The summed E-state index contributed by atoms with van der Waals surface area (Å²) in [6, 6.07) is 3.31. The molecule has 0 bridgehead atoms. The van der Waals surface area contributed by atoms with E-state index in [1.807, 2.05) is 0 Å². The summed E-state index contributed by atoms with van der Waals surface area (Å²) in [7, 11) is 0. The topological polar surface area (TPSA) is 288 Å². The lowest BCUT2D eigenvalue weighted by atomic mass is 10.1. The smallest absolute Gasteiger partial charge is 0.332 e. The van der Waals surface area contributed by atoms with Gasteiger partial charge >= 0.3 is 17.9 Å². The van der Waals surface area contributed by atoms with Crippen molar-refractivity contribution in [2.75, 3.05) is 19.8 Å². The number of phenols is 6. The fourth-order valence-electron chi connectivity index (χ4n) is 4.13. The number of benzene rings is 3. The van der Waals surface area contributed by atoms with Gasteiger partial charge in [-0.1, -0.05) is 0 Å². The zero-order valence-electron chi connectivity index (χ0n) is 24.4. The van der Waals surface area contributed by atoms with E-state index in [0.717, 1.165) is 54.6 Å². The molecule has 3 aromatic rings. The molecule has 1 fully saturated rings. The summed E-state index contributed by atoms with van der Waals surface area (Å²) in [6.45, 7) is -2.85. The second-order valence-electron chi connectivity index (χ2n) is 10.1. The monoisotopic (exact) mass is 669 g/mol.